The molecule has 2 aromatic rings. The molecule has 1 aliphatic rings. The van der Waals surface area contributed by atoms with Gasteiger partial charge in [-0.05, 0) is 36.5 Å². The molecule has 8 heteroatoms. The zero-order valence-electron chi connectivity index (χ0n) is 12.8. The molecule has 23 heavy (non-hydrogen) atoms. The van der Waals surface area contributed by atoms with Crippen molar-refractivity contribution >= 4 is 17.7 Å². The molecule has 3 rings (SSSR count). The number of amides is 1. The largest absolute Gasteiger partial charge is 0.343 e. The predicted molar refractivity (Wildman–Crippen MR) is 86.5 cm³/mol. The molecule has 0 saturated carbocycles. The Morgan fingerprint density at radius 3 is 3.04 bits per heavy atom. The van der Waals surface area contributed by atoms with Crippen molar-refractivity contribution in [3.8, 4) is 0 Å². The lowest BCUT2D eigenvalue weighted by atomic mass is 10.0. The number of rotatable bonds is 4. The maximum atomic E-state index is 12.1. The highest BCUT2D eigenvalue weighted by atomic mass is 32.2. The molecule has 0 bridgehead atoms. The van der Waals surface area contributed by atoms with Gasteiger partial charge >= 0.3 is 0 Å². The van der Waals surface area contributed by atoms with E-state index in [9.17, 15) is 9.59 Å². The summed E-state index contributed by atoms with van der Waals surface area (Å²) in [7, 11) is 1.60. The topological polar surface area (TPSA) is 90.0 Å². The Hall–Kier alpha value is -2.09. The summed E-state index contributed by atoms with van der Waals surface area (Å²) in [5.74, 6) is 3.20. The van der Waals surface area contributed by atoms with Crippen LogP contribution in [-0.4, -0.2) is 32.1 Å². The van der Waals surface area contributed by atoms with Crippen molar-refractivity contribution in [3.05, 3.63) is 46.0 Å². The number of carbonyl (C=O) groups excluding carboxylic acids is 1. The van der Waals surface area contributed by atoms with Crippen LogP contribution in [0.15, 0.2) is 27.6 Å². The zero-order valence-corrected chi connectivity index (χ0v) is 13.6. The van der Waals surface area contributed by atoms with Crippen LogP contribution in [0.1, 0.15) is 40.8 Å². The van der Waals surface area contributed by atoms with Crippen molar-refractivity contribution in [2.45, 2.75) is 25.3 Å². The first-order valence-corrected chi connectivity index (χ1v) is 8.64. The van der Waals surface area contributed by atoms with E-state index in [1.807, 2.05) is 11.8 Å². The number of hydrogen-bond donors (Lipinski definition) is 1. The fourth-order valence-corrected chi connectivity index (χ4v) is 3.59. The standard InChI is InChI=1S/C15H18N4O3S/c1-19-6-2-3-11(15(19)21)14(20)16-9-12-17-13(18-22-12)10-4-7-23-8-5-10/h2-3,6,10H,4-5,7-9H2,1H3,(H,16,20). The molecule has 0 aliphatic carbocycles. The summed E-state index contributed by atoms with van der Waals surface area (Å²) in [5.41, 5.74) is -0.241. The number of pyridine rings is 1. The van der Waals surface area contributed by atoms with E-state index in [1.54, 1.807) is 19.3 Å². The number of nitrogens with zero attached hydrogens (tertiary/aromatic N) is 3. The first kappa shape index (κ1) is 15.8. The van der Waals surface area contributed by atoms with E-state index in [-0.39, 0.29) is 17.7 Å². The molecule has 122 valence electrons. The second kappa shape index (κ2) is 6.99. The average Bonchev–Trinajstić information content (AvgIpc) is 3.05. The Morgan fingerprint density at radius 2 is 2.26 bits per heavy atom. The summed E-state index contributed by atoms with van der Waals surface area (Å²) < 4.78 is 6.55. The van der Waals surface area contributed by atoms with Gasteiger partial charge in [-0.2, -0.15) is 16.7 Å². The zero-order chi connectivity index (χ0) is 16.2. The van der Waals surface area contributed by atoms with Crippen molar-refractivity contribution in [1.29, 1.82) is 0 Å². The smallest absolute Gasteiger partial charge is 0.263 e. The molecular weight excluding hydrogens is 316 g/mol. The van der Waals surface area contributed by atoms with E-state index >= 15 is 0 Å². The molecule has 1 aliphatic heterocycles. The Kier molecular flexibility index (Phi) is 4.80. The summed E-state index contributed by atoms with van der Waals surface area (Å²) >= 11 is 1.94. The number of thioether (sulfide) groups is 1. The minimum absolute atomic E-state index is 0.0963. The Labute approximate surface area is 137 Å². The third-order valence-electron chi connectivity index (χ3n) is 3.84. The second-order valence-electron chi connectivity index (χ2n) is 5.45. The van der Waals surface area contributed by atoms with E-state index < -0.39 is 5.91 Å². The van der Waals surface area contributed by atoms with Gasteiger partial charge in [0.1, 0.15) is 5.56 Å². The number of aryl methyl sites for hydroxylation is 1. The molecule has 0 radical (unpaired) electrons. The third kappa shape index (κ3) is 3.64. The fraction of sp³-hybridized carbons (Fsp3) is 0.467. The van der Waals surface area contributed by atoms with Crippen molar-refractivity contribution in [2.75, 3.05) is 11.5 Å². The van der Waals surface area contributed by atoms with Crippen LogP contribution in [0.25, 0.3) is 0 Å². The highest BCUT2D eigenvalue weighted by Gasteiger charge is 2.21. The lowest BCUT2D eigenvalue weighted by Crippen LogP contribution is -2.31. The molecule has 0 unspecified atom stereocenters. The van der Waals surface area contributed by atoms with Crippen LogP contribution < -0.4 is 10.9 Å². The van der Waals surface area contributed by atoms with Crippen LogP contribution in [0.2, 0.25) is 0 Å². The van der Waals surface area contributed by atoms with Gasteiger partial charge in [-0.1, -0.05) is 5.16 Å². The molecule has 2 aromatic heterocycles. The number of carbonyl (C=O) groups is 1. The molecule has 7 nitrogen and oxygen atoms in total. The van der Waals surface area contributed by atoms with E-state index in [2.05, 4.69) is 15.5 Å². The summed E-state index contributed by atoms with van der Waals surface area (Å²) in [6.07, 6.45) is 3.71. The number of nitrogens with one attached hydrogen (secondary N) is 1. The average molecular weight is 334 g/mol. The summed E-state index contributed by atoms with van der Waals surface area (Å²) in [4.78, 5) is 28.3. The number of hydrogen-bond acceptors (Lipinski definition) is 6. The lowest BCUT2D eigenvalue weighted by Gasteiger charge is -2.17. The Morgan fingerprint density at radius 1 is 1.48 bits per heavy atom. The molecule has 0 spiro atoms. The second-order valence-corrected chi connectivity index (χ2v) is 6.68. The van der Waals surface area contributed by atoms with Crippen molar-refractivity contribution < 1.29 is 9.32 Å². The maximum Gasteiger partial charge on any atom is 0.263 e. The van der Waals surface area contributed by atoms with Gasteiger partial charge in [0, 0.05) is 19.2 Å². The van der Waals surface area contributed by atoms with Gasteiger partial charge in [-0.25, -0.2) is 0 Å². The monoisotopic (exact) mass is 334 g/mol. The van der Waals surface area contributed by atoms with Crippen LogP contribution in [0, 0.1) is 0 Å². The van der Waals surface area contributed by atoms with Crippen LogP contribution in [0.3, 0.4) is 0 Å². The minimum Gasteiger partial charge on any atom is -0.343 e. The van der Waals surface area contributed by atoms with Crippen LogP contribution in [0.4, 0.5) is 0 Å². The van der Waals surface area contributed by atoms with Crippen LogP contribution >= 0.6 is 11.8 Å². The first-order valence-electron chi connectivity index (χ1n) is 7.49. The highest BCUT2D eigenvalue weighted by Crippen LogP contribution is 2.29. The van der Waals surface area contributed by atoms with E-state index in [0.29, 0.717) is 17.6 Å². The molecule has 1 fully saturated rings. The molecule has 1 saturated heterocycles. The molecule has 0 aromatic carbocycles. The van der Waals surface area contributed by atoms with Gasteiger partial charge in [-0.3, -0.25) is 9.59 Å². The Bertz CT molecular complexity index is 749. The molecule has 0 atom stereocenters. The quantitative estimate of drug-likeness (QED) is 0.907. The molecule has 3 heterocycles. The normalized spacial score (nSPS) is 15.5. The van der Waals surface area contributed by atoms with Crippen LogP contribution in [0.5, 0.6) is 0 Å². The van der Waals surface area contributed by atoms with Gasteiger partial charge in [0.25, 0.3) is 11.5 Å². The highest BCUT2D eigenvalue weighted by molar-refractivity contribution is 7.99. The summed E-state index contributed by atoms with van der Waals surface area (Å²) in [5, 5.41) is 6.66. The SMILES string of the molecule is Cn1cccc(C(=O)NCc2nc(C3CCSCC3)no2)c1=O. The fourth-order valence-electron chi connectivity index (χ4n) is 2.48. The van der Waals surface area contributed by atoms with Gasteiger partial charge < -0.3 is 14.4 Å². The van der Waals surface area contributed by atoms with E-state index in [4.69, 9.17) is 4.52 Å². The van der Waals surface area contributed by atoms with Gasteiger partial charge in [0.2, 0.25) is 5.89 Å². The summed E-state index contributed by atoms with van der Waals surface area (Å²) in [6.45, 7) is 0.116. The lowest BCUT2D eigenvalue weighted by molar-refractivity contribution is 0.0944. The van der Waals surface area contributed by atoms with Crippen molar-refractivity contribution in [3.63, 3.8) is 0 Å². The van der Waals surface area contributed by atoms with E-state index in [0.717, 1.165) is 24.3 Å². The van der Waals surface area contributed by atoms with Crippen molar-refractivity contribution in [2.24, 2.45) is 7.05 Å². The van der Waals surface area contributed by atoms with Gasteiger partial charge in [0.15, 0.2) is 5.82 Å². The van der Waals surface area contributed by atoms with Gasteiger partial charge in [-0.15, -0.1) is 0 Å². The van der Waals surface area contributed by atoms with E-state index in [1.165, 1.54) is 10.6 Å². The third-order valence-corrected chi connectivity index (χ3v) is 4.89. The van der Waals surface area contributed by atoms with Crippen LogP contribution in [-0.2, 0) is 13.6 Å². The number of aromatic nitrogens is 3. The molecule has 1 N–H and O–H groups in total. The molecular formula is C15H18N4O3S. The van der Waals surface area contributed by atoms with Gasteiger partial charge in [0.05, 0.1) is 6.54 Å². The minimum atomic E-state index is -0.444. The predicted octanol–water partition coefficient (Wildman–Crippen LogP) is 1.31. The Balaban J connectivity index is 1.62. The maximum absolute atomic E-state index is 12.1. The summed E-state index contributed by atoms with van der Waals surface area (Å²) in [6, 6.07) is 3.15. The van der Waals surface area contributed by atoms with Crippen molar-refractivity contribution in [1.82, 2.24) is 20.0 Å². The molecule has 1 amide bonds. The first-order chi connectivity index (χ1) is 11.1.